The SMILES string of the molecule is O=C(CN(Cc1ccccc1)S(=O)(=O)c1cc(Cl)ccc1Cl)NCc1ccccn1. The Bertz CT molecular complexity index is 1110. The minimum Gasteiger partial charge on any atom is -0.349 e. The summed E-state index contributed by atoms with van der Waals surface area (Å²) in [6, 6.07) is 18.5. The van der Waals surface area contributed by atoms with Crippen LogP contribution < -0.4 is 5.32 Å². The number of halogens is 2. The third-order valence-corrected chi connectivity index (χ3v) is 6.73. The number of nitrogens with zero attached hydrogens (tertiary/aromatic N) is 2. The minimum absolute atomic E-state index is 0.00300. The number of sulfonamides is 1. The van der Waals surface area contributed by atoms with E-state index in [1.165, 1.54) is 18.2 Å². The van der Waals surface area contributed by atoms with Gasteiger partial charge in [-0.15, -0.1) is 0 Å². The van der Waals surface area contributed by atoms with E-state index < -0.39 is 15.9 Å². The van der Waals surface area contributed by atoms with Crippen LogP contribution in [-0.2, 0) is 27.9 Å². The number of hydrogen-bond donors (Lipinski definition) is 1. The van der Waals surface area contributed by atoms with Gasteiger partial charge in [0, 0.05) is 17.8 Å². The molecule has 1 heterocycles. The molecular formula is C21H19Cl2N3O3S. The Labute approximate surface area is 185 Å². The molecule has 0 aliphatic rings. The Kier molecular flexibility index (Phi) is 7.44. The number of carbonyl (C=O) groups is 1. The highest BCUT2D eigenvalue weighted by Gasteiger charge is 2.29. The molecule has 3 aromatic rings. The Morgan fingerprint density at radius 1 is 1.00 bits per heavy atom. The van der Waals surface area contributed by atoms with Crippen LogP contribution in [0.15, 0.2) is 77.8 Å². The number of hydrogen-bond acceptors (Lipinski definition) is 4. The molecule has 0 unspecified atom stereocenters. The lowest BCUT2D eigenvalue weighted by molar-refractivity contribution is -0.121. The molecule has 3 rings (SSSR count). The lowest BCUT2D eigenvalue weighted by Gasteiger charge is -2.22. The normalized spacial score (nSPS) is 11.4. The number of rotatable bonds is 8. The summed E-state index contributed by atoms with van der Waals surface area (Å²) >= 11 is 12.1. The van der Waals surface area contributed by atoms with Crippen molar-refractivity contribution in [2.75, 3.05) is 6.54 Å². The minimum atomic E-state index is -4.09. The first-order chi connectivity index (χ1) is 14.4. The zero-order valence-corrected chi connectivity index (χ0v) is 18.2. The summed E-state index contributed by atoms with van der Waals surface area (Å²) in [5.74, 6) is -0.460. The van der Waals surface area contributed by atoms with Crippen molar-refractivity contribution in [3.63, 3.8) is 0 Å². The van der Waals surface area contributed by atoms with Gasteiger partial charge in [-0.2, -0.15) is 4.31 Å². The molecule has 1 amide bonds. The summed E-state index contributed by atoms with van der Waals surface area (Å²) < 4.78 is 27.7. The van der Waals surface area contributed by atoms with Gasteiger partial charge in [0.05, 0.1) is 23.8 Å². The number of nitrogens with one attached hydrogen (secondary N) is 1. The van der Waals surface area contributed by atoms with Crippen LogP contribution >= 0.6 is 23.2 Å². The summed E-state index contributed by atoms with van der Waals surface area (Å²) in [6.07, 6.45) is 1.62. The Balaban J connectivity index is 1.84. The second-order valence-electron chi connectivity index (χ2n) is 6.43. The summed E-state index contributed by atoms with van der Waals surface area (Å²) in [5.41, 5.74) is 1.40. The maximum Gasteiger partial charge on any atom is 0.245 e. The molecule has 1 N–H and O–H groups in total. The summed E-state index contributed by atoms with van der Waals surface area (Å²) in [7, 11) is -4.09. The summed E-state index contributed by atoms with van der Waals surface area (Å²) in [6.45, 7) is -0.188. The number of amides is 1. The molecule has 9 heteroatoms. The molecule has 2 aromatic carbocycles. The maximum absolute atomic E-state index is 13.3. The predicted molar refractivity (Wildman–Crippen MR) is 117 cm³/mol. The second-order valence-corrected chi connectivity index (χ2v) is 9.18. The van der Waals surface area contributed by atoms with Gasteiger partial charge in [-0.25, -0.2) is 8.42 Å². The molecule has 30 heavy (non-hydrogen) atoms. The molecule has 0 fully saturated rings. The molecule has 0 spiro atoms. The van der Waals surface area contributed by atoms with Crippen molar-refractivity contribution in [1.29, 1.82) is 0 Å². The van der Waals surface area contributed by atoms with Crippen LogP contribution in [0.1, 0.15) is 11.3 Å². The molecular weight excluding hydrogens is 445 g/mol. The van der Waals surface area contributed by atoms with Gasteiger partial charge < -0.3 is 5.32 Å². The molecule has 0 bridgehead atoms. The van der Waals surface area contributed by atoms with E-state index in [2.05, 4.69) is 10.3 Å². The van der Waals surface area contributed by atoms with E-state index in [0.717, 1.165) is 9.87 Å². The third kappa shape index (κ3) is 5.79. The van der Waals surface area contributed by atoms with Gasteiger partial charge in [-0.3, -0.25) is 9.78 Å². The lowest BCUT2D eigenvalue weighted by atomic mass is 10.2. The molecule has 0 aliphatic carbocycles. The van der Waals surface area contributed by atoms with Gasteiger partial charge >= 0.3 is 0 Å². The lowest BCUT2D eigenvalue weighted by Crippen LogP contribution is -2.40. The van der Waals surface area contributed by atoms with Crippen LogP contribution in [0, 0.1) is 0 Å². The summed E-state index contributed by atoms with van der Waals surface area (Å²) in [4.78, 5) is 16.5. The van der Waals surface area contributed by atoms with Crippen molar-refractivity contribution in [3.05, 3.63) is 94.2 Å². The zero-order chi connectivity index (χ0) is 21.6. The van der Waals surface area contributed by atoms with E-state index in [0.29, 0.717) is 5.69 Å². The maximum atomic E-state index is 13.3. The predicted octanol–water partition coefficient (Wildman–Crippen LogP) is 3.90. The fraction of sp³-hybridized carbons (Fsp3) is 0.143. The zero-order valence-electron chi connectivity index (χ0n) is 15.8. The van der Waals surface area contributed by atoms with E-state index in [9.17, 15) is 13.2 Å². The standard InChI is InChI=1S/C21H19Cl2N3O3S/c22-17-9-10-19(23)20(12-17)30(28,29)26(14-16-6-2-1-3-7-16)15-21(27)25-13-18-8-4-5-11-24-18/h1-12H,13-15H2,(H,25,27). The van der Waals surface area contributed by atoms with Crippen LogP contribution in [0.3, 0.4) is 0 Å². The van der Waals surface area contributed by atoms with Crippen molar-refractivity contribution >= 4 is 39.1 Å². The van der Waals surface area contributed by atoms with Gasteiger partial charge in [0.2, 0.25) is 15.9 Å². The molecule has 1 aromatic heterocycles. The van der Waals surface area contributed by atoms with Gasteiger partial charge in [0.1, 0.15) is 4.90 Å². The second kappa shape index (κ2) is 10.0. The Morgan fingerprint density at radius 3 is 2.43 bits per heavy atom. The van der Waals surface area contributed by atoms with Gasteiger partial charge in [0.15, 0.2) is 0 Å². The van der Waals surface area contributed by atoms with Gasteiger partial charge in [0.25, 0.3) is 0 Å². The van der Waals surface area contributed by atoms with Gasteiger partial charge in [-0.05, 0) is 35.9 Å². The Hall–Kier alpha value is -2.45. The molecule has 0 radical (unpaired) electrons. The first-order valence-electron chi connectivity index (χ1n) is 9.02. The highest BCUT2D eigenvalue weighted by molar-refractivity contribution is 7.89. The fourth-order valence-electron chi connectivity index (χ4n) is 2.73. The summed E-state index contributed by atoms with van der Waals surface area (Å²) in [5, 5.41) is 2.97. The van der Waals surface area contributed by atoms with Crippen molar-refractivity contribution < 1.29 is 13.2 Å². The van der Waals surface area contributed by atoms with E-state index in [-0.39, 0.29) is 34.6 Å². The Morgan fingerprint density at radius 2 is 1.73 bits per heavy atom. The van der Waals surface area contributed by atoms with Crippen LogP contribution in [0.25, 0.3) is 0 Å². The molecule has 0 saturated heterocycles. The first kappa shape index (κ1) is 22.2. The quantitative estimate of drug-likeness (QED) is 0.549. The monoisotopic (exact) mass is 463 g/mol. The fourth-order valence-corrected chi connectivity index (χ4v) is 4.86. The average molecular weight is 464 g/mol. The highest BCUT2D eigenvalue weighted by Crippen LogP contribution is 2.28. The number of pyridine rings is 1. The van der Waals surface area contributed by atoms with Crippen molar-refractivity contribution in [3.8, 4) is 0 Å². The van der Waals surface area contributed by atoms with Crippen molar-refractivity contribution in [2.45, 2.75) is 18.0 Å². The van der Waals surface area contributed by atoms with Crippen LogP contribution in [0.4, 0.5) is 0 Å². The molecule has 6 nitrogen and oxygen atoms in total. The first-order valence-corrected chi connectivity index (χ1v) is 11.2. The highest BCUT2D eigenvalue weighted by atomic mass is 35.5. The van der Waals surface area contributed by atoms with Crippen molar-refractivity contribution in [2.24, 2.45) is 0 Å². The molecule has 156 valence electrons. The number of benzene rings is 2. The van der Waals surface area contributed by atoms with Crippen molar-refractivity contribution in [1.82, 2.24) is 14.6 Å². The van der Waals surface area contributed by atoms with Crippen LogP contribution in [-0.4, -0.2) is 30.2 Å². The third-order valence-electron chi connectivity index (χ3n) is 4.23. The number of carbonyl (C=O) groups excluding carboxylic acids is 1. The van der Waals surface area contributed by atoms with E-state index >= 15 is 0 Å². The van der Waals surface area contributed by atoms with Crippen LogP contribution in [0.5, 0.6) is 0 Å². The van der Waals surface area contributed by atoms with E-state index in [4.69, 9.17) is 23.2 Å². The van der Waals surface area contributed by atoms with Gasteiger partial charge in [-0.1, -0.05) is 59.6 Å². The molecule has 0 aliphatic heterocycles. The number of aromatic nitrogens is 1. The smallest absolute Gasteiger partial charge is 0.245 e. The van der Waals surface area contributed by atoms with E-state index in [1.54, 1.807) is 42.6 Å². The molecule has 0 saturated carbocycles. The molecule has 0 atom stereocenters. The topological polar surface area (TPSA) is 79.4 Å². The largest absolute Gasteiger partial charge is 0.349 e. The average Bonchev–Trinajstić information content (AvgIpc) is 2.75. The van der Waals surface area contributed by atoms with Crippen LogP contribution in [0.2, 0.25) is 10.0 Å². The van der Waals surface area contributed by atoms with E-state index in [1.807, 2.05) is 12.1 Å².